The van der Waals surface area contributed by atoms with Gasteiger partial charge < -0.3 is 0 Å². The van der Waals surface area contributed by atoms with E-state index >= 15 is 0 Å². The van der Waals surface area contributed by atoms with Crippen LogP contribution in [0.3, 0.4) is 0 Å². The molecule has 88 valence electrons. The fourth-order valence-corrected chi connectivity index (χ4v) is 2.18. The van der Waals surface area contributed by atoms with E-state index in [1.807, 2.05) is 31.2 Å². The summed E-state index contributed by atoms with van der Waals surface area (Å²) >= 11 is 9.48. The van der Waals surface area contributed by atoms with E-state index in [2.05, 4.69) is 32.8 Å². The summed E-state index contributed by atoms with van der Waals surface area (Å²) in [7, 11) is 0. The van der Waals surface area contributed by atoms with Gasteiger partial charge in [0.1, 0.15) is 5.15 Å². The Labute approximate surface area is 114 Å². The van der Waals surface area contributed by atoms with Crippen molar-refractivity contribution < 1.29 is 0 Å². The first-order valence-corrected chi connectivity index (χ1v) is 6.58. The van der Waals surface area contributed by atoms with Crippen LogP contribution < -0.4 is 0 Å². The van der Waals surface area contributed by atoms with Crippen LogP contribution in [0.25, 0.3) is 11.4 Å². The molecule has 0 aliphatic heterocycles. The Kier molecular flexibility index (Phi) is 3.79. The van der Waals surface area contributed by atoms with Gasteiger partial charge in [-0.05, 0) is 29.3 Å². The number of nitrogens with zero attached hydrogens (tertiary/aromatic N) is 2. The first-order chi connectivity index (χ1) is 8.11. The molecule has 0 bridgehead atoms. The van der Waals surface area contributed by atoms with Crippen LogP contribution in [0.2, 0.25) is 5.15 Å². The molecule has 0 N–H and O–H groups in total. The molecule has 1 aromatic heterocycles. The predicted molar refractivity (Wildman–Crippen MR) is 74.3 cm³/mol. The molecular weight excluding hydrogens is 300 g/mol. The van der Waals surface area contributed by atoms with Crippen LogP contribution in [-0.4, -0.2) is 9.97 Å². The van der Waals surface area contributed by atoms with Crippen molar-refractivity contribution in [3.05, 3.63) is 45.1 Å². The molecule has 2 nitrogen and oxygen atoms in total. The lowest BCUT2D eigenvalue weighted by Gasteiger charge is -2.06. The van der Waals surface area contributed by atoms with Gasteiger partial charge in [0.05, 0.1) is 10.2 Å². The molecule has 0 fully saturated rings. The minimum absolute atomic E-state index is 0.465. The Balaban J connectivity index is 2.52. The minimum atomic E-state index is 0.465. The topological polar surface area (TPSA) is 25.8 Å². The van der Waals surface area contributed by atoms with E-state index in [9.17, 15) is 0 Å². The molecule has 0 spiro atoms. The molecule has 0 radical (unpaired) electrons. The van der Waals surface area contributed by atoms with E-state index in [0.29, 0.717) is 11.0 Å². The fraction of sp³-hybridized carbons (Fsp3) is 0.231. The van der Waals surface area contributed by atoms with Crippen molar-refractivity contribution in [3.63, 3.8) is 0 Å². The number of hydrogen-bond acceptors (Lipinski definition) is 2. The quantitative estimate of drug-likeness (QED) is 0.767. The summed E-state index contributed by atoms with van der Waals surface area (Å²) in [5.41, 5.74) is 3.13. The van der Waals surface area contributed by atoms with Gasteiger partial charge in [-0.25, -0.2) is 9.97 Å². The third-order valence-electron chi connectivity index (χ3n) is 2.52. The molecule has 0 amide bonds. The second kappa shape index (κ2) is 5.15. The van der Waals surface area contributed by atoms with Crippen LogP contribution in [0.1, 0.15) is 18.2 Å². The molecule has 0 unspecified atom stereocenters. The summed E-state index contributed by atoms with van der Waals surface area (Å²) < 4.78 is 0.789. The summed E-state index contributed by atoms with van der Waals surface area (Å²) in [4.78, 5) is 8.80. The van der Waals surface area contributed by atoms with Gasteiger partial charge in [0, 0.05) is 5.56 Å². The fourth-order valence-electron chi connectivity index (χ4n) is 1.53. The molecule has 1 heterocycles. The second-order valence-corrected chi connectivity index (χ2v) is 4.97. The zero-order chi connectivity index (χ0) is 12.4. The normalized spacial score (nSPS) is 10.6. The Morgan fingerprint density at radius 1 is 1.18 bits per heavy atom. The summed E-state index contributed by atoms with van der Waals surface area (Å²) in [5.74, 6) is 0.676. The van der Waals surface area contributed by atoms with Crippen molar-refractivity contribution in [2.24, 2.45) is 0 Å². The Morgan fingerprint density at radius 3 is 2.41 bits per heavy atom. The van der Waals surface area contributed by atoms with Crippen molar-refractivity contribution in [3.8, 4) is 11.4 Å². The highest BCUT2D eigenvalue weighted by Gasteiger charge is 2.10. The summed E-state index contributed by atoms with van der Waals surface area (Å²) in [6.45, 7) is 4.10. The third-order valence-corrected chi connectivity index (χ3v) is 3.86. The van der Waals surface area contributed by atoms with Gasteiger partial charge in [0.25, 0.3) is 0 Å². The predicted octanol–water partition coefficient (Wildman–Crippen LogP) is 4.43. The van der Waals surface area contributed by atoms with Crippen LogP contribution in [0.4, 0.5) is 0 Å². The second-order valence-electron chi connectivity index (χ2n) is 3.82. The molecule has 17 heavy (non-hydrogen) atoms. The average molecular weight is 312 g/mol. The highest BCUT2D eigenvalue weighted by molar-refractivity contribution is 9.10. The first-order valence-electron chi connectivity index (χ1n) is 5.40. The molecule has 0 saturated carbocycles. The third kappa shape index (κ3) is 2.67. The zero-order valence-corrected chi connectivity index (χ0v) is 12.0. The molecule has 2 aromatic rings. The molecule has 1 aromatic carbocycles. The molecule has 2 rings (SSSR count). The summed E-state index contributed by atoms with van der Waals surface area (Å²) in [6.07, 6.45) is 0.821. The van der Waals surface area contributed by atoms with Crippen molar-refractivity contribution in [1.82, 2.24) is 9.97 Å². The Morgan fingerprint density at radius 2 is 1.82 bits per heavy atom. The smallest absolute Gasteiger partial charge is 0.161 e. The lowest BCUT2D eigenvalue weighted by Crippen LogP contribution is -1.97. The molecule has 0 aliphatic carbocycles. The standard InChI is InChI=1S/C13H12BrClN2/c1-3-10-11(14)12(15)17-13(16-10)9-6-4-8(2)5-7-9/h4-7H,3H2,1-2H3. The van der Waals surface area contributed by atoms with Crippen LogP contribution in [0, 0.1) is 6.92 Å². The number of hydrogen-bond donors (Lipinski definition) is 0. The van der Waals surface area contributed by atoms with Crippen molar-refractivity contribution in [1.29, 1.82) is 0 Å². The highest BCUT2D eigenvalue weighted by Crippen LogP contribution is 2.27. The number of benzene rings is 1. The summed E-state index contributed by atoms with van der Waals surface area (Å²) in [5, 5.41) is 0.465. The molecular formula is C13H12BrClN2. The van der Waals surface area contributed by atoms with Gasteiger partial charge in [0.15, 0.2) is 5.82 Å². The SMILES string of the molecule is CCc1nc(-c2ccc(C)cc2)nc(Cl)c1Br. The highest BCUT2D eigenvalue weighted by atomic mass is 79.9. The van der Waals surface area contributed by atoms with E-state index in [1.54, 1.807) is 0 Å². The van der Waals surface area contributed by atoms with Gasteiger partial charge in [-0.3, -0.25) is 0 Å². The molecule has 0 atom stereocenters. The van der Waals surface area contributed by atoms with E-state index < -0.39 is 0 Å². The molecule has 4 heteroatoms. The number of aromatic nitrogens is 2. The number of aryl methyl sites for hydroxylation is 2. The number of halogens is 2. The maximum absolute atomic E-state index is 6.08. The molecule has 0 aliphatic rings. The average Bonchev–Trinajstić information content (AvgIpc) is 2.33. The Bertz CT molecular complexity index is 538. The van der Waals surface area contributed by atoms with Crippen LogP contribution in [0.5, 0.6) is 0 Å². The van der Waals surface area contributed by atoms with Crippen molar-refractivity contribution in [2.75, 3.05) is 0 Å². The van der Waals surface area contributed by atoms with E-state index in [1.165, 1.54) is 5.56 Å². The number of rotatable bonds is 2. The largest absolute Gasteiger partial charge is 0.232 e. The van der Waals surface area contributed by atoms with E-state index in [4.69, 9.17) is 11.6 Å². The van der Waals surface area contributed by atoms with E-state index in [0.717, 1.165) is 22.2 Å². The van der Waals surface area contributed by atoms with Crippen molar-refractivity contribution in [2.45, 2.75) is 20.3 Å². The van der Waals surface area contributed by atoms with Crippen molar-refractivity contribution >= 4 is 27.5 Å². The first kappa shape index (κ1) is 12.5. The van der Waals surface area contributed by atoms with Gasteiger partial charge in [-0.1, -0.05) is 48.4 Å². The van der Waals surface area contributed by atoms with E-state index in [-0.39, 0.29) is 0 Å². The monoisotopic (exact) mass is 310 g/mol. The van der Waals surface area contributed by atoms with Gasteiger partial charge in [0.2, 0.25) is 0 Å². The van der Waals surface area contributed by atoms with Crippen LogP contribution in [-0.2, 0) is 6.42 Å². The maximum atomic E-state index is 6.08. The van der Waals surface area contributed by atoms with Gasteiger partial charge in [-0.2, -0.15) is 0 Å². The zero-order valence-electron chi connectivity index (χ0n) is 9.67. The summed E-state index contributed by atoms with van der Waals surface area (Å²) in [6, 6.07) is 8.10. The van der Waals surface area contributed by atoms with Gasteiger partial charge in [-0.15, -0.1) is 0 Å². The van der Waals surface area contributed by atoms with Crippen LogP contribution >= 0.6 is 27.5 Å². The lowest BCUT2D eigenvalue weighted by atomic mass is 10.1. The van der Waals surface area contributed by atoms with Gasteiger partial charge >= 0.3 is 0 Å². The minimum Gasteiger partial charge on any atom is -0.232 e. The van der Waals surface area contributed by atoms with Crippen LogP contribution in [0.15, 0.2) is 28.7 Å². The molecule has 0 saturated heterocycles. The lowest BCUT2D eigenvalue weighted by molar-refractivity contribution is 0.991. The Hall–Kier alpha value is -0.930. The maximum Gasteiger partial charge on any atom is 0.161 e.